The van der Waals surface area contributed by atoms with Crippen LogP contribution in [0.1, 0.15) is 38.7 Å². The number of likely N-dealkylation sites (tertiary alicyclic amines) is 1. The molecule has 1 fully saturated rings. The fourth-order valence-corrected chi connectivity index (χ4v) is 3.10. The van der Waals surface area contributed by atoms with Crippen molar-refractivity contribution in [2.45, 2.75) is 45.1 Å². The Labute approximate surface area is 141 Å². The van der Waals surface area contributed by atoms with Gasteiger partial charge in [-0.1, -0.05) is 36.8 Å². The molecule has 1 heterocycles. The molecular weight excluding hydrogens is 284 g/mol. The Balaban J connectivity index is 1.73. The molecule has 2 rings (SSSR count). The highest BCUT2D eigenvalue weighted by molar-refractivity contribution is 5.79. The minimum absolute atomic E-state index is 0.164. The summed E-state index contributed by atoms with van der Waals surface area (Å²) in [5.41, 5.74) is 1.52. The van der Waals surface area contributed by atoms with E-state index in [9.17, 15) is 0 Å². The molecule has 0 aliphatic carbocycles. The van der Waals surface area contributed by atoms with Crippen LogP contribution in [0, 0.1) is 0 Å². The van der Waals surface area contributed by atoms with Gasteiger partial charge in [0, 0.05) is 25.7 Å². The topological polar surface area (TPSA) is 39.7 Å². The van der Waals surface area contributed by atoms with E-state index in [4.69, 9.17) is 0 Å². The van der Waals surface area contributed by atoms with Crippen LogP contribution in [0.4, 0.5) is 0 Å². The third-order valence-corrected chi connectivity index (χ3v) is 4.67. The van der Waals surface area contributed by atoms with Crippen molar-refractivity contribution in [2.24, 2.45) is 4.99 Å². The first-order chi connectivity index (χ1) is 11.1. The van der Waals surface area contributed by atoms with Gasteiger partial charge < -0.3 is 10.6 Å². The molecule has 1 aliphatic heterocycles. The molecule has 128 valence electrons. The third kappa shape index (κ3) is 5.87. The van der Waals surface area contributed by atoms with Gasteiger partial charge in [-0.15, -0.1) is 0 Å². The van der Waals surface area contributed by atoms with E-state index in [1.807, 2.05) is 7.05 Å². The quantitative estimate of drug-likeness (QED) is 0.626. The number of hydrogen-bond acceptors (Lipinski definition) is 2. The Morgan fingerprint density at radius 2 is 1.78 bits per heavy atom. The molecule has 1 saturated heterocycles. The van der Waals surface area contributed by atoms with E-state index in [0.717, 1.165) is 25.5 Å². The molecule has 0 amide bonds. The van der Waals surface area contributed by atoms with Gasteiger partial charge in [0.15, 0.2) is 5.96 Å². The normalized spacial score (nSPS) is 17.1. The zero-order valence-corrected chi connectivity index (χ0v) is 14.9. The molecule has 0 atom stereocenters. The van der Waals surface area contributed by atoms with Crippen molar-refractivity contribution < 1.29 is 0 Å². The lowest BCUT2D eigenvalue weighted by Gasteiger charge is -2.41. The number of nitrogens with one attached hydrogen (secondary N) is 2. The van der Waals surface area contributed by atoms with Crippen LogP contribution in [-0.2, 0) is 6.42 Å². The fourth-order valence-electron chi connectivity index (χ4n) is 3.10. The summed E-state index contributed by atoms with van der Waals surface area (Å²) in [4.78, 5) is 6.94. The Morgan fingerprint density at radius 3 is 2.43 bits per heavy atom. The maximum atomic E-state index is 4.34. The zero-order chi connectivity index (χ0) is 16.5. The van der Waals surface area contributed by atoms with Crippen molar-refractivity contribution >= 4 is 5.96 Å². The average molecular weight is 316 g/mol. The summed E-state index contributed by atoms with van der Waals surface area (Å²) in [6.07, 6.45) is 5.04. The van der Waals surface area contributed by atoms with Gasteiger partial charge in [0.25, 0.3) is 0 Å². The number of aliphatic imine (C=N–C) groups is 1. The second kappa shape index (κ2) is 8.92. The number of guanidine groups is 1. The molecule has 4 heteroatoms. The zero-order valence-electron chi connectivity index (χ0n) is 14.9. The summed E-state index contributed by atoms with van der Waals surface area (Å²) in [5.74, 6) is 0.894. The smallest absolute Gasteiger partial charge is 0.191 e. The van der Waals surface area contributed by atoms with E-state index in [-0.39, 0.29) is 5.54 Å². The summed E-state index contributed by atoms with van der Waals surface area (Å²) in [6, 6.07) is 10.6. The average Bonchev–Trinajstić information content (AvgIpc) is 2.59. The van der Waals surface area contributed by atoms with E-state index in [0.29, 0.717) is 0 Å². The van der Waals surface area contributed by atoms with Gasteiger partial charge in [-0.25, -0.2) is 0 Å². The van der Waals surface area contributed by atoms with Gasteiger partial charge in [0.1, 0.15) is 0 Å². The lowest BCUT2D eigenvalue weighted by atomic mass is 9.98. The monoisotopic (exact) mass is 316 g/mol. The first-order valence-electron chi connectivity index (χ1n) is 8.85. The molecule has 4 nitrogen and oxygen atoms in total. The lowest BCUT2D eigenvalue weighted by molar-refractivity contribution is 0.0982. The predicted octanol–water partition coefficient (Wildman–Crippen LogP) is 2.66. The highest BCUT2D eigenvalue weighted by Gasteiger charge is 2.27. The van der Waals surface area contributed by atoms with Gasteiger partial charge in [-0.05, 0) is 51.8 Å². The van der Waals surface area contributed by atoms with Crippen molar-refractivity contribution in [2.75, 3.05) is 33.2 Å². The molecular formula is C19H32N4. The summed E-state index contributed by atoms with van der Waals surface area (Å²) in [5, 5.41) is 6.90. The molecule has 23 heavy (non-hydrogen) atoms. The maximum absolute atomic E-state index is 4.34. The molecule has 2 N–H and O–H groups in total. The predicted molar refractivity (Wildman–Crippen MR) is 99.0 cm³/mol. The van der Waals surface area contributed by atoms with Crippen molar-refractivity contribution in [3.05, 3.63) is 35.9 Å². The van der Waals surface area contributed by atoms with Gasteiger partial charge in [-0.2, -0.15) is 0 Å². The summed E-state index contributed by atoms with van der Waals surface area (Å²) in [6.45, 7) is 8.89. The van der Waals surface area contributed by atoms with Crippen molar-refractivity contribution in [1.82, 2.24) is 15.5 Å². The van der Waals surface area contributed by atoms with Gasteiger partial charge in [0.2, 0.25) is 0 Å². The Morgan fingerprint density at radius 1 is 1.09 bits per heavy atom. The first-order valence-corrected chi connectivity index (χ1v) is 8.85. The molecule has 0 unspecified atom stereocenters. The molecule has 0 spiro atoms. The first kappa shape index (κ1) is 17.8. The molecule has 1 aromatic carbocycles. The Kier molecular flexibility index (Phi) is 6.90. The molecule has 0 radical (unpaired) electrons. The number of nitrogens with zero attached hydrogens (tertiary/aromatic N) is 2. The van der Waals surface area contributed by atoms with Crippen LogP contribution in [0.25, 0.3) is 0 Å². The molecule has 1 aliphatic rings. The summed E-state index contributed by atoms with van der Waals surface area (Å²) < 4.78 is 0. The minimum atomic E-state index is 0.164. The second-order valence-electron chi connectivity index (χ2n) is 6.95. The van der Waals surface area contributed by atoms with Gasteiger partial charge in [-0.3, -0.25) is 9.89 Å². The van der Waals surface area contributed by atoms with E-state index in [2.05, 4.69) is 64.7 Å². The maximum Gasteiger partial charge on any atom is 0.191 e. The van der Waals surface area contributed by atoms with Crippen LogP contribution in [0.2, 0.25) is 0 Å². The largest absolute Gasteiger partial charge is 0.356 e. The Hall–Kier alpha value is -1.55. The van der Waals surface area contributed by atoms with E-state index in [1.165, 1.54) is 37.9 Å². The SMILES string of the molecule is CN=C(NCCc1ccccc1)NCC(C)(C)N1CCCCC1. The standard InChI is InChI=1S/C19H32N4/c1-19(2,23-14-8-5-9-15-23)16-22-18(20-3)21-13-12-17-10-6-4-7-11-17/h4,6-7,10-11H,5,8-9,12-16H2,1-3H3,(H2,20,21,22). The highest BCUT2D eigenvalue weighted by atomic mass is 15.2. The molecule has 1 aromatic rings. The minimum Gasteiger partial charge on any atom is -0.356 e. The summed E-state index contributed by atoms with van der Waals surface area (Å²) in [7, 11) is 1.84. The van der Waals surface area contributed by atoms with Crippen molar-refractivity contribution in [1.29, 1.82) is 0 Å². The van der Waals surface area contributed by atoms with Crippen molar-refractivity contribution in [3.8, 4) is 0 Å². The van der Waals surface area contributed by atoms with Crippen LogP contribution < -0.4 is 10.6 Å². The van der Waals surface area contributed by atoms with E-state index >= 15 is 0 Å². The number of hydrogen-bond donors (Lipinski definition) is 2. The van der Waals surface area contributed by atoms with Crippen LogP contribution in [0.3, 0.4) is 0 Å². The summed E-state index contributed by atoms with van der Waals surface area (Å²) >= 11 is 0. The lowest BCUT2D eigenvalue weighted by Crippen LogP contribution is -2.55. The fraction of sp³-hybridized carbons (Fsp3) is 0.632. The third-order valence-electron chi connectivity index (χ3n) is 4.67. The molecule has 0 bridgehead atoms. The van der Waals surface area contributed by atoms with Crippen LogP contribution in [0.15, 0.2) is 35.3 Å². The van der Waals surface area contributed by atoms with E-state index < -0.39 is 0 Å². The van der Waals surface area contributed by atoms with Gasteiger partial charge >= 0.3 is 0 Å². The number of piperidine rings is 1. The number of rotatable bonds is 6. The van der Waals surface area contributed by atoms with Crippen LogP contribution in [0.5, 0.6) is 0 Å². The van der Waals surface area contributed by atoms with Crippen molar-refractivity contribution in [3.63, 3.8) is 0 Å². The van der Waals surface area contributed by atoms with E-state index in [1.54, 1.807) is 0 Å². The van der Waals surface area contributed by atoms with Crippen LogP contribution in [-0.4, -0.2) is 49.6 Å². The Bertz CT molecular complexity index is 475. The number of benzene rings is 1. The molecule has 0 saturated carbocycles. The van der Waals surface area contributed by atoms with Gasteiger partial charge in [0.05, 0.1) is 0 Å². The highest BCUT2D eigenvalue weighted by Crippen LogP contribution is 2.19. The molecule has 0 aromatic heterocycles. The van der Waals surface area contributed by atoms with Crippen LogP contribution >= 0.6 is 0 Å². The second-order valence-corrected chi connectivity index (χ2v) is 6.95.